The number of rotatable bonds is 2. The minimum atomic E-state index is -0.382. The molecule has 3 aromatic rings. The second-order valence-corrected chi connectivity index (χ2v) is 6.21. The molecule has 0 radical (unpaired) electrons. The molecule has 21 heavy (non-hydrogen) atoms. The van der Waals surface area contributed by atoms with Gasteiger partial charge in [0.25, 0.3) is 0 Å². The zero-order valence-corrected chi connectivity index (χ0v) is 14.0. The van der Waals surface area contributed by atoms with Crippen molar-refractivity contribution in [1.29, 1.82) is 0 Å². The maximum absolute atomic E-state index is 12.2. The van der Waals surface area contributed by atoms with E-state index in [-0.39, 0.29) is 5.97 Å². The van der Waals surface area contributed by atoms with Gasteiger partial charge in [0, 0.05) is 4.47 Å². The average molecular weight is 406 g/mol. The highest BCUT2D eigenvalue weighted by molar-refractivity contribution is 9.11. The van der Waals surface area contributed by atoms with Crippen LogP contribution in [0.3, 0.4) is 0 Å². The lowest BCUT2D eigenvalue weighted by molar-refractivity contribution is 0.0734. The molecule has 0 saturated heterocycles. The van der Waals surface area contributed by atoms with E-state index in [4.69, 9.17) is 4.74 Å². The van der Waals surface area contributed by atoms with Crippen LogP contribution < -0.4 is 4.74 Å². The van der Waals surface area contributed by atoms with Gasteiger partial charge in [-0.05, 0) is 51.0 Å². The first-order valence-corrected chi connectivity index (χ1v) is 7.89. The maximum Gasteiger partial charge on any atom is 0.343 e. The van der Waals surface area contributed by atoms with Crippen LogP contribution in [-0.2, 0) is 0 Å². The Balaban J connectivity index is 1.95. The molecule has 2 nitrogen and oxygen atoms in total. The molecular formula is C17H10Br2O2. The topological polar surface area (TPSA) is 26.3 Å². The molecule has 0 aliphatic carbocycles. The minimum Gasteiger partial charge on any atom is -0.422 e. The molecule has 3 aromatic carbocycles. The molecule has 4 heteroatoms. The molecule has 0 aromatic heterocycles. The summed E-state index contributed by atoms with van der Waals surface area (Å²) >= 11 is 6.86. The smallest absolute Gasteiger partial charge is 0.343 e. The Bertz CT molecular complexity index is 828. The molecule has 104 valence electrons. The van der Waals surface area contributed by atoms with Crippen molar-refractivity contribution in [3.63, 3.8) is 0 Å². The first-order chi connectivity index (χ1) is 10.1. The van der Waals surface area contributed by atoms with Crippen molar-refractivity contribution in [3.05, 3.63) is 75.2 Å². The molecule has 0 atom stereocenters. The quantitative estimate of drug-likeness (QED) is 0.410. The van der Waals surface area contributed by atoms with Gasteiger partial charge in [-0.25, -0.2) is 4.79 Å². The molecule has 0 N–H and O–H groups in total. The van der Waals surface area contributed by atoms with Gasteiger partial charge in [-0.3, -0.25) is 0 Å². The van der Waals surface area contributed by atoms with Crippen molar-refractivity contribution in [2.75, 3.05) is 0 Å². The van der Waals surface area contributed by atoms with Crippen LogP contribution in [0.2, 0.25) is 0 Å². The van der Waals surface area contributed by atoms with E-state index in [1.165, 1.54) is 0 Å². The lowest BCUT2D eigenvalue weighted by atomic mass is 10.1. The third-order valence-electron chi connectivity index (χ3n) is 3.09. The third kappa shape index (κ3) is 3.01. The van der Waals surface area contributed by atoms with Crippen LogP contribution in [0.1, 0.15) is 10.4 Å². The fourth-order valence-electron chi connectivity index (χ4n) is 2.07. The SMILES string of the molecule is O=C(Oc1ccc2ccccc2c1Br)c1cccc(Br)c1. The number of ether oxygens (including phenoxy) is 1. The fourth-order valence-corrected chi connectivity index (χ4v) is 3.04. The summed E-state index contributed by atoms with van der Waals surface area (Å²) in [6, 6.07) is 18.8. The molecule has 0 unspecified atom stereocenters. The molecule has 3 rings (SSSR count). The second kappa shape index (κ2) is 6.00. The Labute approximate surface area is 139 Å². The van der Waals surface area contributed by atoms with E-state index < -0.39 is 0 Å². The first-order valence-electron chi connectivity index (χ1n) is 6.30. The zero-order valence-electron chi connectivity index (χ0n) is 10.8. The van der Waals surface area contributed by atoms with Crippen molar-refractivity contribution < 1.29 is 9.53 Å². The zero-order chi connectivity index (χ0) is 14.8. The number of halogens is 2. The molecule has 0 aliphatic heterocycles. The molecule has 0 bridgehead atoms. The molecule has 0 saturated carbocycles. The average Bonchev–Trinajstić information content (AvgIpc) is 2.50. The number of benzene rings is 3. The third-order valence-corrected chi connectivity index (χ3v) is 4.40. The Kier molecular flexibility index (Phi) is 4.08. The van der Waals surface area contributed by atoms with Crippen LogP contribution in [0, 0.1) is 0 Å². The number of hydrogen-bond acceptors (Lipinski definition) is 2. The predicted molar refractivity (Wildman–Crippen MR) is 90.7 cm³/mol. The van der Waals surface area contributed by atoms with E-state index in [9.17, 15) is 4.79 Å². The predicted octanol–water partition coefficient (Wildman–Crippen LogP) is 5.58. The Morgan fingerprint density at radius 2 is 1.71 bits per heavy atom. The van der Waals surface area contributed by atoms with Crippen LogP contribution in [-0.4, -0.2) is 5.97 Å². The Morgan fingerprint density at radius 3 is 2.52 bits per heavy atom. The van der Waals surface area contributed by atoms with Crippen molar-refractivity contribution >= 4 is 48.6 Å². The van der Waals surface area contributed by atoms with Crippen molar-refractivity contribution in [2.24, 2.45) is 0 Å². The summed E-state index contributed by atoms with van der Waals surface area (Å²) in [4.78, 5) is 12.2. The number of fused-ring (bicyclic) bond motifs is 1. The van der Waals surface area contributed by atoms with Crippen molar-refractivity contribution in [3.8, 4) is 5.75 Å². The van der Waals surface area contributed by atoms with E-state index in [0.717, 1.165) is 19.7 Å². The maximum atomic E-state index is 12.2. The van der Waals surface area contributed by atoms with Gasteiger partial charge in [0.05, 0.1) is 10.0 Å². The summed E-state index contributed by atoms with van der Waals surface area (Å²) in [5.74, 6) is 0.131. The molecular weight excluding hydrogens is 396 g/mol. The molecule has 0 amide bonds. The van der Waals surface area contributed by atoms with Crippen molar-refractivity contribution in [2.45, 2.75) is 0 Å². The van der Waals surface area contributed by atoms with E-state index in [2.05, 4.69) is 31.9 Å². The van der Waals surface area contributed by atoms with Gasteiger partial charge >= 0.3 is 5.97 Å². The number of hydrogen-bond donors (Lipinski definition) is 0. The van der Waals surface area contributed by atoms with Gasteiger partial charge in [0.1, 0.15) is 5.75 Å². The van der Waals surface area contributed by atoms with Gasteiger partial charge in [-0.1, -0.05) is 52.3 Å². The van der Waals surface area contributed by atoms with E-state index >= 15 is 0 Å². The van der Waals surface area contributed by atoms with E-state index in [0.29, 0.717) is 11.3 Å². The van der Waals surface area contributed by atoms with Gasteiger partial charge in [0.2, 0.25) is 0 Å². The Hall–Kier alpha value is -1.65. The number of carbonyl (C=O) groups is 1. The highest BCUT2D eigenvalue weighted by Gasteiger charge is 2.12. The van der Waals surface area contributed by atoms with Gasteiger partial charge in [-0.15, -0.1) is 0 Å². The van der Waals surface area contributed by atoms with Gasteiger partial charge < -0.3 is 4.74 Å². The molecule has 0 aliphatic rings. The number of carbonyl (C=O) groups excluding carboxylic acids is 1. The minimum absolute atomic E-state index is 0.382. The molecule has 0 spiro atoms. The molecule has 0 fully saturated rings. The van der Waals surface area contributed by atoms with Gasteiger partial charge in [0.15, 0.2) is 0 Å². The lowest BCUT2D eigenvalue weighted by Gasteiger charge is -2.09. The standard InChI is InChI=1S/C17H10Br2O2/c18-13-6-3-5-12(10-13)17(20)21-15-9-8-11-4-1-2-7-14(11)16(15)19/h1-10H. The van der Waals surface area contributed by atoms with Crippen molar-refractivity contribution in [1.82, 2.24) is 0 Å². The highest BCUT2D eigenvalue weighted by Crippen LogP contribution is 2.33. The first kappa shape index (κ1) is 14.3. The highest BCUT2D eigenvalue weighted by atomic mass is 79.9. The van der Waals surface area contributed by atoms with Crippen LogP contribution in [0.25, 0.3) is 10.8 Å². The van der Waals surface area contributed by atoms with Crippen LogP contribution in [0.5, 0.6) is 5.75 Å². The lowest BCUT2D eigenvalue weighted by Crippen LogP contribution is -2.08. The monoisotopic (exact) mass is 404 g/mol. The summed E-state index contributed by atoms with van der Waals surface area (Å²) in [5.41, 5.74) is 0.504. The molecule has 0 heterocycles. The van der Waals surface area contributed by atoms with Crippen LogP contribution in [0.15, 0.2) is 69.6 Å². The number of esters is 1. The largest absolute Gasteiger partial charge is 0.422 e. The Morgan fingerprint density at radius 1 is 0.905 bits per heavy atom. The van der Waals surface area contributed by atoms with E-state index in [1.54, 1.807) is 24.3 Å². The fraction of sp³-hybridized carbons (Fsp3) is 0. The summed E-state index contributed by atoms with van der Waals surface area (Å²) < 4.78 is 7.11. The summed E-state index contributed by atoms with van der Waals surface area (Å²) in [5, 5.41) is 2.10. The summed E-state index contributed by atoms with van der Waals surface area (Å²) in [7, 11) is 0. The second-order valence-electron chi connectivity index (χ2n) is 4.50. The van der Waals surface area contributed by atoms with Crippen LogP contribution in [0.4, 0.5) is 0 Å². The summed E-state index contributed by atoms with van der Waals surface area (Å²) in [6.45, 7) is 0. The van der Waals surface area contributed by atoms with E-state index in [1.807, 2.05) is 36.4 Å². The van der Waals surface area contributed by atoms with Gasteiger partial charge in [-0.2, -0.15) is 0 Å². The van der Waals surface area contributed by atoms with Crippen LogP contribution >= 0.6 is 31.9 Å². The summed E-state index contributed by atoms with van der Waals surface area (Å²) in [6.07, 6.45) is 0. The normalized spacial score (nSPS) is 10.6.